The molecule has 6 aromatic heterocycles. The number of fused-ring (bicyclic) bond motifs is 2. The van der Waals surface area contributed by atoms with Gasteiger partial charge in [-0.1, -0.05) is 64.1 Å². The molecule has 26 heteroatoms. The average molecular weight is 1340 g/mol. The first-order valence-electron chi connectivity index (χ1n) is 32.1. The van der Waals surface area contributed by atoms with Crippen molar-refractivity contribution in [3.63, 3.8) is 0 Å². The van der Waals surface area contributed by atoms with Gasteiger partial charge in [-0.05, 0) is 143 Å². The molecule has 6 aliphatic carbocycles. The van der Waals surface area contributed by atoms with Gasteiger partial charge in [-0.15, -0.1) is 10.2 Å². The Kier molecular flexibility index (Phi) is 20.6. The van der Waals surface area contributed by atoms with Crippen molar-refractivity contribution in [3.05, 3.63) is 147 Å². The first-order chi connectivity index (χ1) is 46.1. The maximum atomic E-state index is 14.4. The lowest BCUT2D eigenvalue weighted by Gasteiger charge is -2.61. The zero-order valence-corrected chi connectivity index (χ0v) is 57.2. The number of aryl methyl sites for hydroxylation is 2. The van der Waals surface area contributed by atoms with E-state index >= 15 is 0 Å². The van der Waals surface area contributed by atoms with Crippen LogP contribution in [0.5, 0.6) is 0 Å². The van der Waals surface area contributed by atoms with Crippen molar-refractivity contribution < 1.29 is 37.3 Å². The number of methoxy groups -OCH3 is 2. The Hall–Kier alpha value is -9.79. The van der Waals surface area contributed by atoms with Crippen molar-refractivity contribution in [1.82, 2.24) is 49.9 Å². The third kappa shape index (κ3) is 15.3. The van der Waals surface area contributed by atoms with E-state index in [9.17, 15) is 39.4 Å². The van der Waals surface area contributed by atoms with E-state index in [-0.39, 0.29) is 57.4 Å². The highest BCUT2D eigenvalue weighted by Crippen LogP contribution is 2.63. The summed E-state index contributed by atoms with van der Waals surface area (Å²) in [5, 5.41) is 66.5. The summed E-state index contributed by atoms with van der Waals surface area (Å²) in [6, 6.07) is 21.0. The van der Waals surface area contributed by atoms with Crippen LogP contribution in [-0.4, -0.2) is 114 Å². The van der Waals surface area contributed by atoms with Crippen LogP contribution in [0.3, 0.4) is 0 Å². The number of carbonyl (C=O) groups is 2. The minimum absolute atomic E-state index is 0.0254. The molecule has 6 saturated carbocycles. The van der Waals surface area contributed by atoms with Gasteiger partial charge in [-0.3, -0.25) is 14.9 Å². The normalized spacial score (nSPS) is 19.1. The number of pyridine rings is 4. The first-order valence-corrected chi connectivity index (χ1v) is 32.5. The van der Waals surface area contributed by atoms with E-state index in [0.717, 1.165) is 66.6 Å². The van der Waals surface area contributed by atoms with Crippen molar-refractivity contribution in [2.24, 2.45) is 22.7 Å². The minimum atomic E-state index is -0.983. The number of hydrogen-bond donors (Lipinski definition) is 2. The zero-order chi connectivity index (χ0) is 69.9. The van der Waals surface area contributed by atoms with E-state index < -0.39 is 35.6 Å². The molecular formula is C71H78ClF2N17O6. The summed E-state index contributed by atoms with van der Waals surface area (Å²) < 4.78 is 52.6. The summed E-state index contributed by atoms with van der Waals surface area (Å²) in [6.07, 6.45) is 12.1. The third-order valence-corrected chi connectivity index (χ3v) is 18.2. The molecule has 1 amide bonds. The van der Waals surface area contributed by atoms with Crippen LogP contribution >= 0.6 is 11.6 Å². The van der Waals surface area contributed by atoms with Crippen LogP contribution in [0.2, 0.25) is 0 Å². The molecular weight excluding hydrogens is 1260 g/mol. The van der Waals surface area contributed by atoms with Crippen molar-refractivity contribution >= 4 is 62.0 Å². The molecule has 4 atom stereocenters. The van der Waals surface area contributed by atoms with Gasteiger partial charge < -0.3 is 29.6 Å². The Morgan fingerprint density at radius 1 is 0.660 bits per heavy atom. The number of nitriles is 4. The SMILES string of the molecule is COC[C@@H](C)OC(=O)Cl.COC[C@@H](C)OC(=O)N(c1cc(C#N)c2ncc(C#N)c(NCC(C)(C)C)c2c1)[C@H](c1cn(C23CC(C2)C3)nn1)c1ccc(F)nc1C.Cc1nc(F)ccc1[C@H](Cc1cc(C#N)c2ncc(C#N)c(NCC(C)(C)C)c2c1)c1cn(C23CC(C2)C3)nn1. The molecule has 0 aliphatic heterocycles. The van der Waals surface area contributed by atoms with Crippen molar-refractivity contribution in [2.75, 3.05) is 56.1 Å². The largest absolute Gasteiger partial charge is 0.448 e. The number of nitrogens with one attached hydrogen (secondary N) is 2. The highest BCUT2D eigenvalue weighted by Gasteiger charge is 2.60. The van der Waals surface area contributed by atoms with Gasteiger partial charge in [0, 0.05) is 91.1 Å². The van der Waals surface area contributed by atoms with E-state index in [0.29, 0.717) is 93.6 Å². The molecule has 6 aliphatic rings. The molecule has 8 aromatic rings. The maximum Gasteiger partial charge on any atom is 0.415 e. The lowest BCUT2D eigenvalue weighted by Crippen LogP contribution is -2.59. The Balaban J connectivity index is 0.000000189. The number of rotatable bonds is 20. The molecule has 2 aromatic carbocycles. The Labute approximate surface area is 567 Å². The van der Waals surface area contributed by atoms with Gasteiger partial charge in [0.2, 0.25) is 11.9 Å². The van der Waals surface area contributed by atoms with Gasteiger partial charge >= 0.3 is 11.5 Å². The van der Waals surface area contributed by atoms with Crippen molar-refractivity contribution in [3.8, 4) is 24.3 Å². The number of nitrogens with zero attached hydrogens (tertiary/aromatic N) is 15. The van der Waals surface area contributed by atoms with E-state index in [1.807, 2.05) is 33.9 Å². The molecule has 2 N–H and O–H groups in total. The summed E-state index contributed by atoms with van der Waals surface area (Å²) in [6.45, 7) is 21.1. The van der Waals surface area contributed by atoms with Crippen LogP contribution in [0.15, 0.2) is 73.3 Å². The topological polar surface area (TPSA) is 306 Å². The van der Waals surface area contributed by atoms with Gasteiger partial charge in [0.05, 0.1) is 86.5 Å². The molecule has 504 valence electrons. The van der Waals surface area contributed by atoms with Crippen molar-refractivity contribution in [1.29, 1.82) is 21.0 Å². The molecule has 4 bridgehead atoms. The molecule has 0 spiro atoms. The van der Waals surface area contributed by atoms with Gasteiger partial charge in [-0.2, -0.15) is 29.8 Å². The highest BCUT2D eigenvalue weighted by molar-refractivity contribution is 6.61. The summed E-state index contributed by atoms with van der Waals surface area (Å²) in [4.78, 5) is 42.9. The fourth-order valence-corrected chi connectivity index (χ4v) is 13.3. The Morgan fingerprint density at radius 3 is 1.56 bits per heavy atom. The molecule has 97 heavy (non-hydrogen) atoms. The summed E-state index contributed by atoms with van der Waals surface area (Å²) in [7, 11) is 3.04. The van der Waals surface area contributed by atoms with Crippen LogP contribution < -0.4 is 15.5 Å². The lowest BCUT2D eigenvalue weighted by molar-refractivity contribution is -0.0990. The Morgan fingerprint density at radius 2 is 1.11 bits per heavy atom. The lowest BCUT2D eigenvalue weighted by atomic mass is 9.50. The number of hydrogen-bond acceptors (Lipinski definition) is 20. The quantitative estimate of drug-likeness (QED) is 0.0529. The summed E-state index contributed by atoms with van der Waals surface area (Å²) >= 11 is 4.89. The number of halogens is 3. The molecule has 23 nitrogen and oxygen atoms in total. The van der Waals surface area contributed by atoms with Crippen LogP contribution in [0.25, 0.3) is 21.8 Å². The second-order valence-corrected chi connectivity index (χ2v) is 28.6. The molecule has 6 fully saturated rings. The number of anilines is 3. The van der Waals surface area contributed by atoms with E-state index in [1.165, 1.54) is 43.6 Å². The minimum Gasteiger partial charge on any atom is -0.448 e. The van der Waals surface area contributed by atoms with Crippen LogP contribution in [0.4, 0.5) is 35.4 Å². The van der Waals surface area contributed by atoms with Gasteiger partial charge in [-0.25, -0.2) is 28.9 Å². The van der Waals surface area contributed by atoms with Crippen LogP contribution in [-0.2, 0) is 36.4 Å². The molecule has 0 saturated heterocycles. The molecule has 14 rings (SSSR count). The second-order valence-electron chi connectivity index (χ2n) is 28.3. The predicted octanol–water partition coefficient (Wildman–Crippen LogP) is 13.3. The Bertz CT molecular complexity index is 4450. The first kappa shape index (κ1) is 70.0. The standard InChI is InChI=1S/C35H38FN9O3.C31H31FN8.C5H9ClO3/c1-20(18-47-6)48-33(46)45(25-9-23(14-37)30-27(10-25)31(24(15-38)16-39-30)40-19-34(3,4)5)32(26-7-8-29(36)41-21(26)2)28-17-44(43-42-28)35-11-22(12-35)13-35;1-18-23(5-6-27(32)37-18)24(26-16-40(39-38-26)31-10-20(11-31)12-31)8-19-7-21(13-33)28-25(9-19)29(22(14-34)15-35-28)36-17-30(2,3)4;1-4(3-8-2)9-5(6)7/h7-10,16-17,20,22,32H,11-13,18-19H2,1-6H3,(H,39,40);5-7,9,15-16,20,24H,8,10-12,17H2,1-4H3,(H,35,36);4H,3H2,1-2H3/t20-,22?,32+,35?;20?,24-,31?;4-/m101/s1. The summed E-state index contributed by atoms with van der Waals surface area (Å²) in [5.41, 5.74) is 7.09. The number of amides is 1. The predicted molar refractivity (Wildman–Crippen MR) is 358 cm³/mol. The van der Waals surface area contributed by atoms with Crippen LogP contribution in [0, 0.1) is 93.7 Å². The van der Waals surface area contributed by atoms with Gasteiger partial charge in [0.1, 0.15) is 48.2 Å². The summed E-state index contributed by atoms with van der Waals surface area (Å²) in [5.74, 6) is 0.0520. The molecule has 0 radical (unpaired) electrons. The maximum absolute atomic E-state index is 14.4. The number of aromatic nitrogens is 10. The van der Waals surface area contributed by atoms with E-state index in [2.05, 4.69) is 126 Å². The van der Waals surface area contributed by atoms with Gasteiger partial charge in [0.15, 0.2) is 0 Å². The monoisotopic (exact) mass is 1340 g/mol. The molecule has 0 unspecified atom stereocenters. The van der Waals surface area contributed by atoms with E-state index in [4.69, 9.17) is 21.1 Å². The fourth-order valence-electron chi connectivity index (χ4n) is 13.1. The number of ether oxygens (including phenoxy) is 4. The smallest absolute Gasteiger partial charge is 0.415 e. The highest BCUT2D eigenvalue weighted by atomic mass is 35.5. The number of carbonyl (C=O) groups excluding carboxylic acids is 2. The van der Waals surface area contributed by atoms with E-state index in [1.54, 1.807) is 52.0 Å². The molecule has 6 heterocycles. The van der Waals surface area contributed by atoms with Crippen LogP contribution in [0.1, 0.15) is 168 Å². The number of benzene rings is 2. The third-order valence-electron chi connectivity index (χ3n) is 18.1. The zero-order valence-electron chi connectivity index (χ0n) is 56.5. The van der Waals surface area contributed by atoms with Gasteiger partial charge in [0.25, 0.3) is 0 Å². The van der Waals surface area contributed by atoms with Crippen molar-refractivity contribution in [2.45, 2.75) is 149 Å². The average Bonchev–Trinajstić information content (AvgIpc) is 1.59. The fraction of sp³-hybridized carbons (Fsp3) is 0.465. The second kappa shape index (κ2) is 28.5.